The van der Waals surface area contributed by atoms with E-state index in [9.17, 15) is 9.18 Å². The van der Waals surface area contributed by atoms with Crippen molar-refractivity contribution in [2.24, 2.45) is 0 Å². The zero-order valence-corrected chi connectivity index (χ0v) is 9.90. The zero-order valence-electron chi connectivity index (χ0n) is 9.08. The van der Waals surface area contributed by atoms with Crippen LogP contribution in [0.1, 0.15) is 22.2 Å². The maximum atomic E-state index is 12.9. The molecule has 0 amide bonds. The normalized spacial score (nSPS) is 10.4. The number of Topliss-reactive ketones (excluding diaryl/α,β-unsaturated/α-hetero) is 1. The standard InChI is InChI=1S/C13H11FOS/c1-8-7-10(14)3-4-11(8)13-6-5-12(16-13)9(2)15/h3-7H,1-2H3. The van der Waals surface area contributed by atoms with Crippen molar-refractivity contribution in [3.63, 3.8) is 0 Å². The molecular weight excluding hydrogens is 223 g/mol. The van der Waals surface area contributed by atoms with Crippen LogP contribution in [0.5, 0.6) is 0 Å². The summed E-state index contributed by atoms with van der Waals surface area (Å²) in [5, 5.41) is 0. The van der Waals surface area contributed by atoms with Crippen LogP contribution in [0.3, 0.4) is 0 Å². The smallest absolute Gasteiger partial charge is 0.169 e. The highest BCUT2D eigenvalue weighted by Crippen LogP contribution is 2.30. The first kappa shape index (κ1) is 11.0. The van der Waals surface area contributed by atoms with E-state index in [-0.39, 0.29) is 11.6 Å². The second-order valence-electron chi connectivity index (χ2n) is 3.68. The Kier molecular flexibility index (Phi) is 2.88. The van der Waals surface area contributed by atoms with Gasteiger partial charge in [-0.25, -0.2) is 4.39 Å². The van der Waals surface area contributed by atoms with E-state index < -0.39 is 0 Å². The molecule has 0 aliphatic heterocycles. The van der Waals surface area contributed by atoms with Gasteiger partial charge in [-0.2, -0.15) is 0 Å². The van der Waals surface area contributed by atoms with Gasteiger partial charge in [0.1, 0.15) is 5.82 Å². The summed E-state index contributed by atoms with van der Waals surface area (Å²) in [4.78, 5) is 12.9. The van der Waals surface area contributed by atoms with Crippen molar-refractivity contribution in [2.75, 3.05) is 0 Å². The summed E-state index contributed by atoms with van der Waals surface area (Å²) < 4.78 is 12.9. The Hall–Kier alpha value is -1.48. The minimum atomic E-state index is -0.232. The molecule has 0 aliphatic carbocycles. The first-order valence-electron chi connectivity index (χ1n) is 4.95. The summed E-state index contributed by atoms with van der Waals surface area (Å²) in [6.07, 6.45) is 0. The third-order valence-corrected chi connectivity index (χ3v) is 3.63. The van der Waals surface area contributed by atoms with Crippen molar-refractivity contribution >= 4 is 17.1 Å². The molecular formula is C13H11FOS. The van der Waals surface area contributed by atoms with Gasteiger partial charge in [-0.05, 0) is 49.2 Å². The zero-order chi connectivity index (χ0) is 11.7. The number of carbonyl (C=O) groups excluding carboxylic acids is 1. The highest BCUT2D eigenvalue weighted by Gasteiger charge is 2.08. The summed E-state index contributed by atoms with van der Waals surface area (Å²) >= 11 is 1.44. The van der Waals surface area contributed by atoms with Crippen LogP contribution in [0, 0.1) is 12.7 Å². The van der Waals surface area contributed by atoms with Gasteiger partial charge in [-0.3, -0.25) is 4.79 Å². The van der Waals surface area contributed by atoms with E-state index >= 15 is 0 Å². The molecule has 0 spiro atoms. The minimum Gasteiger partial charge on any atom is -0.294 e. The molecule has 3 heteroatoms. The summed E-state index contributed by atoms with van der Waals surface area (Å²) in [6.45, 7) is 3.42. The minimum absolute atomic E-state index is 0.0658. The van der Waals surface area contributed by atoms with Gasteiger partial charge in [0.05, 0.1) is 4.88 Å². The lowest BCUT2D eigenvalue weighted by atomic mass is 10.1. The second-order valence-corrected chi connectivity index (χ2v) is 4.76. The van der Waals surface area contributed by atoms with Crippen molar-refractivity contribution in [2.45, 2.75) is 13.8 Å². The molecule has 0 unspecified atom stereocenters. The Morgan fingerprint density at radius 1 is 1.25 bits per heavy atom. The van der Waals surface area contributed by atoms with Crippen LogP contribution >= 0.6 is 11.3 Å². The number of thiophene rings is 1. The molecule has 0 saturated heterocycles. The van der Waals surface area contributed by atoms with Crippen molar-refractivity contribution < 1.29 is 9.18 Å². The number of benzene rings is 1. The average molecular weight is 234 g/mol. The molecule has 1 heterocycles. The molecule has 1 nitrogen and oxygen atoms in total. The highest BCUT2D eigenvalue weighted by molar-refractivity contribution is 7.17. The maximum Gasteiger partial charge on any atom is 0.169 e. The molecule has 1 aromatic heterocycles. The van der Waals surface area contributed by atoms with Gasteiger partial charge in [0.15, 0.2) is 5.78 Å². The van der Waals surface area contributed by atoms with Crippen molar-refractivity contribution in [3.05, 3.63) is 46.6 Å². The molecule has 2 rings (SSSR count). The van der Waals surface area contributed by atoms with Gasteiger partial charge in [0.2, 0.25) is 0 Å². The number of halogens is 1. The lowest BCUT2D eigenvalue weighted by Gasteiger charge is -2.02. The molecule has 0 aliphatic rings. The predicted molar refractivity (Wildman–Crippen MR) is 64.5 cm³/mol. The van der Waals surface area contributed by atoms with Crippen LogP contribution in [0.25, 0.3) is 10.4 Å². The van der Waals surface area contributed by atoms with Crippen LogP contribution in [-0.4, -0.2) is 5.78 Å². The van der Waals surface area contributed by atoms with Crippen LogP contribution in [0.2, 0.25) is 0 Å². The van der Waals surface area contributed by atoms with E-state index in [1.807, 2.05) is 19.1 Å². The van der Waals surface area contributed by atoms with Gasteiger partial charge in [-0.1, -0.05) is 6.07 Å². The molecule has 82 valence electrons. The largest absolute Gasteiger partial charge is 0.294 e. The van der Waals surface area contributed by atoms with E-state index in [0.717, 1.165) is 20.9 Å². The fourth-order valence-electron chi connectivity index (χ4n) is 1.58. The second kappa shape index (κ2) is 4.18. The van der Waals surface area contributed by atoms with Gasteiger partial charge in [0, 0.05) is 4.88 Å². The Morgan fingerprint density at radius 2 is 2.00 bits per heavy atom. The molecule has 0 fully saturated rings. The third-order valence-electron chi connectivity index (χ3n) is 2.41. The van der Waals surface area contributed by atoms with E-state index in [0.29, 0.717) is 0 Å². The monoisotopic (exact) mass is 234 g/mol. The average Bonchev–Trinajstić information content (AvgIpc) is 2.66. The topological polar surface area (TPSA) is 17.1 Å². The molecule has 16 heavy (non-hydrogen) atoms. The first-order chi connectivity index (χ1) is 7.58. The van der Waals surface area contributed by atoms with Gasteiger partial charge in [0.25, 0.3) is 0 Å². The lowest BCUT2D eigenvalue weighted by Crippen LogP contribution is -1.84. The Morgan fingerprint density at radius 3 is 2.56 bits per heavy atom. The molecule has 0 saturated carbocycles. The number of hydrogen-bond donors (Lipinski definition) is 0. The van der Waals surface area contributed by atoms with E-state index in [4.69, 9.17) is 0 Å². The number of carbonyl (C=O) groups is 1. The SMILES string of the molecule is CC(=O)c1ccc(-c2ccc(F)cc2C)s1. The van der Waals surface area contributed by atoms with Crippen molar-refractivity contribution in [1.82, 2.24) is 0 Å². The first-order valence-corrected chi connectivity index (χ1v) is 5.77. The molecule has 0 radical (unpaired) electrons. The van der Waals surface area contributed by atoms with Crippen LogP contribution in [0.15, 0.2) is 30.3 Å². The van der Waals surface area contributed by atoms with Crippen molar-refractivity contribution in [3.8, 4) is 10.4 Å². The number of ketones is 1. The summed E-state index contributed by atoms with van der Waals surface area (Å²) in [5.41, 5.74) is 1.87. The summed E-state index contributed by atoms with van der Waals surface area (Å²) in [5.74, 6) is -0.166. The summed E-state index contributed by atoms with van der Waals surface area (Å²) in [7, 11) is 0. The molecule has 0 bridgehead atoms. The Labute approximate surface area is 97.6 Å². The van der Waals surface area contributed by atoms with Crippen molar-refractivity contribution in [1.29, 1.82) is 0 Å². The van der Waals surface area contributed by atoms with E-state index in [2.05, 4.69) is 0 Å². The van der Waals surface area contributed by atoms with Gasteiger partial charge < -0.3 is 0 Å². The molecule has 2 aromatic rings. The summed E-state index contributed by atoms with van der Waals surface area (Å²) in [6, 6.07) is 8.41. The lowest BCUT2D eigenvalue weighted by molar-refractivity contribution is 0.102. The fourth-order valence-corrected chi connectivity index (χ4v) is 2.57. The Balaban J connectivity index is 2.46. The predicted octanol–water partition coefficient (Wildman–Crippen LogP) is 4.07. The van der Waals surface area contributed by atoms with E-state index in [1.165, 1.54) is 23.5 Å². The molecule has 1 aromatic carbocycles. The highest BCUT2D eigenvalue weighted by atomic mass is 32.1. The van der Waals surface area contributed by atoms with Crippen LogP contribution in [0.4, 0.5) is 4.39 Å². The van der Waals surface area contributed by atoms with Gasteiger partial charge in [-0.15, -0.1) is 11.3 Å². The third kappa shape index (κ3) is 2.04. The molecule has 0 atom stereocenters. The fraction of sp³-hybridized carbons (Fsp3) is 0.154. The van der Waals surface area contributed by atoms with Crippen LogP contribution in [-0.2, 0) is 0 Å². The number of hydrogen-bond acceptors (Lipinski definition) is 2. The van der Waals surface area contributed by atoms with Gasteiger partial charge >= 0.3 is 0 Å². The number of rotatable bonds is 2. The maximum absolute atomic E-state index is 12.9. The quantitative estimate of drug-likeness (QED) is 0.716. The Bertz CT molecular complexity index is 543. The number of aryl methyl sites for hydroxylation is 1. The van der Waals surface area contributed by atoms with Crippen LogP contribution < -0.4 is 0 Å². The molecule has 0 N–H and O–H groups in total. The van der Waals surface area contributed by atoms with E-state index in [1.54, 1.807) is 13.0 Å².